The molecule has 2 aromatic rings. The van der Waals surface area contributed by atoms with Gasteiger partial charge in [-0.25, -0.2) is 13.6 Å². The Labute approximate surface area is 112 Å². The van der Waals surface area contributed by atoms with Gasteiger partial charge in [-0.05, 0) is 6.07 Å². The Morgan fingerprint density at radius 1 is 1.35 bits per heavy atom. The molecule has 1 heterocycles. The molecule has 0 saturated carbocycles. The first-order valence-corrected chi connectivity index (χ1v) is 5.78. The van der Waals surface area contributed by atoms with Gasteiger partial charge in [0.25, 0.3) is 5.92 Å². The highest BCUT2D eigenvalue weighted by Gasteiger charge is 2.28. The van der Waals surface area contributed by atoms with E-state index in [1.54, 1.807) is 24.3 Å². The van der Waals surface area contributed by atoms with E-state index < -0.39 is 25.0 Å². The molecule has 0 aliphatic rings. The number of aromatic nitrogens is 1. The quantitative estimate of drug-likeness (QED) is 0.781. The molecule has 1 aromatic carbocycles. The number of rotatable bonds is 5. The Morgan fingerprint density at radius 3 is 2.70 bits per heavy atom. The molecule has 5 nitrogen and oxygen atoms in total. The largest absolute Gasteiger partial charge is 0.478 e. The molecule has 2 rings (SSSR count). The van der Waals surface area contributed by atoms with E-state index in [0.717, 1.165) is 6.20 Å². The van der Waals surface area contributed by atoms with Crippen molar-refractivity contribution in [3.8, 4) is 0 Å². The molecule has 0 radical (unpaired) electrons. The summed E-state index contributed by atoms with van der Waals surface area (Å²) < 4.78 is 26.2. The second-order valence-electron chi connectivity index (χ2n) is 4.24. The van der Waals surface area contributed by atoms with Gasteiger partial charge in [0.05, 0.1) is 17.7 Å². The Hall–Kier alpha value is -2.28. The number of pyridine rings is 1. The van der Waals surface area contributed by atoms with Crippen LogP contribution in [0.1, 0.15) is 10.4 Å². The van der Waals surface area contributed by atoms with E-state index in [1.165, 1.54) is 0 Å². The maximum absolute atomic E-state index is 13.1. The summed E-state index contributed by atoms with van der Waals surface area (Å²) in [6.07, 6.45) is 1.12. The maximum atomic E-state index is 13.1. The number of para-hydroxylation sites is 1. The first kappa shape index (κ1) is 14.1. The number of carboxylic acid groups (broad SMARTS) is 1. The van der Waals surface area contributed by atoms with Crippen LogP contribution in [0.2, 0.25) is 0 Å². The number of hydrogen-bond donors (Lipinski definition) is 3. The van der Waals surface area contributed by atoms with Crippen molar-refractivity contribution in [3.63, 3.8) is 0 Å². The van der Waals surface area contributed by atoms with Crippen LogP contribution in [0, 0.1) is 0 Å². The Kier molecular flexibility index (Phi) is 3.80. The molecule has 0 aliphatic carbocycles. The van der Waals surface area contributed by atoms with Crippen LogP contribution < -0.4 is 5.32 Å². The Bertz CT molecular complexity index is 647. The molecule has 1 aromatic heterocycles. The highest BCUT2D eigenvalue weighted by atomic mass is 19.3. The fourth-order valence-corrected chi connectivity index (χ4v) is 1.77. The second-order valence-corrected chi connectivity index (χ2v) is 4.24. The molecule has 20 heavy (non-hydrogen) atoms. The highest BCUT2D eigenvalue weighted by molar-refractivity contribution is 6.04. The van der Waals surface area contributed by atoms with Gasteiger partial charge in [0, 0.05) is 11.6 Å². The normalized spacial score (nSPS) is 11.6. The van der Waals surface area contributed by atoms with Crippen LogP contribution >= 0.6 is 0 Å². The van der Waals surface area contributed by atoms with E-state index in [0.29, 0.717) is 10.9 Å². The number of aromatic carboxylic acids is 1. The number of alkyl halides is 2. The van der Waals surface area contributed by atoms with Crippen LogP contribution in [0.5, 0.6) is 0 Å². The van der Waals surface area contributed by atoms with Crippen molar-refractivity contribution >= 4 is 22.6 Å². The van der Waals surface area contributed by atoms with Crippen molar-refractivity contribution in [2.24, 2.45) is 0 Å². The van der Waals surface area contributed by atoms with Crippen LogP contribution in [-0.2, 0) is 0 Å². The number of benzene rings is 1. The first-order chi connectivity index (χ1) is 9.44. The molecule has 0 atom stereocenters. The van der Waals surface area contributed by atoms with Gasteiger partial charge in [-0.1, -0.05) is 18.2 Å². The third kappa shape index (κ3) is 2.83. The molecular weight excluding hydrogens is 270 g/mol. The van der Waals surface area contributed by atoms with E-state index in [4.69, 9.17) is 10.2 Å². The van der Waals surface area contributed by atoms with Gasteiger partial charge >= 0.3 is 5.97 Å². The highest BCUT2D eigenvalue weighted by Crippen LogP contribution is 2.27. The van der Waals surface area contributed by atoms with Gasteiger partial charge in [-0.3, -0.25) is 4.98 Å². The second kappa shape index (κ2) is 5.38. The fraction of sp³-hybridized carbons (Fsp3) is 0.231. The van der Waals surface area contributed by atoms with E-state index in [2.05, 4.69) is 10.3 Å². The van der Waals surface area contributed by atoms with E-state index >= 15 is 0 Å². The van der Waals surface area contributed by atoms with E-state index in [9.17, 15) is 13.6 Å². The zero-order valence-electron chi connectivity index (χ0n) is 10.3. The summed E-state index contributed by atoms with van der Waals surface area (Å²) in [6.45, 7) is -2.18. The third-order valence-corrected chi connectivity index (χ3v) is 2.76. The SMILES string of the molecule is O=C(O)c1cnc2ccccc2c1NCC(F)(F)CO. The van der Waals surface area contributed by atoms with Crippen LogP contribution in [0.3, 0.4) is 0 Å². The topological polar surface area (TPSA) is 82.5 Å². The standard InChI is InChI=1S/C13H12F2N2O3/c14-13(15,7-18)6-17-11-8-3-1-2-4-10(8)16-5-9(11)12(19)20/h1-5,18H,6-7H2,(H,16,17)(H,19,20). The predicted molar refractivity (Wildman–Crippen MR) is 69.2 cm³/mol. The summed E-state index contributed by atoms with van der Waals surface area (Å²) in [7, 11) is 0. The number of aliphatic hydroxyl groups excluding tert-OH is 1. The molecule has 0 saturated heterocycles. The van der Waals surface area contributed by atoms with Gasteiger partial charge < -0.3 is 15.5 Å². The van der Waals surface area contributed by atoms with Crippen molar-refractivity contribution in [1.82, 2.24) is 4.98 Å². The van der Waals surface area contributed by atoms with Crippen LogP contribution in [0.15, 0.2) is 30.5 Å². The number of halogens is 2. The van der Waals surface area contributed by atoms with E-state index in [-0.39, 0.29) is 11.3 Å². The van der Waals surface area contributed by atoms with Gasteiger partial charge in [-0.15, -0.1) is 0 Å². The van der Waals surface area contributed by atoms with Crippen molar-refractivity contribution in [2.75, 3.05) is 18.5 Å². The lowest BCUT2D eigenvalue weighted by Crippen LogP contribution is -2.31. The fourth-order valence-electron chi connectivity index (χ4n) is 1.77. The number of nitrogens with one attached hydrogen (secondary N) is 1. The van der Waals surface area contributed by atoms with Crippen LogP contribution in [0.25, 0.3) is 10.9 Å². The van der Waals surface area contributed by atoms with E-state index in [1.807, 2.05) is 0 Å². The average molecular weight is 282 g/mol. The summed E-state index contributed by atoms with van der Waals surface area (Å²) in [6, 6.07) is 6.61. The minimum absolute atomic E-state index is 0.0659. The molecule has 0 unspecified atom stereocenters. The number of carboxylic acids is 1. The molecule has 0 aliphatic heterocycles. The zero-order chi connectivity index (χ0) is 14.8. The molecular formula is C13H12F2N2O3. The summed E-state index contributed by atoms with van der Waals surface area (Å²) in [5.74, 6) is -4.60. The Morgan fingerprint density at radius 2 is 2.05 bits per heavy atom. The van der Waals surface area contributed by atoms with Crippen molar-refractivity contribution in [3.05, 3.63) is 36.0 Å². The number of hydrogen-bond acceptors (Lipinski definition) is 4. The van der Waals surface area contributed by atoms with Crippen molar-refractivity contribution in [1.29, 1.82) is 0 Å². The van der Waals surface area contributed by atoms with Gasteiger partial charge in [0.1, 0.15) is 12.2 Å². The van der Waals surface area contributed by atoms with Gasteiger partial charge in [-0.2, -0.15) is 0 Å². The zero-order valence-corrected chi connectivity index (χ0v) is 10.3. The smallest absolute Gasteiger partial charge is 0.339 e. The number of aliphatic hydroxyl groups is 1. The van der Waals surface area contributed by atoms with Gasteiger partial charge in [0.15, 0.2) is 0 Å². The van der Waals surface area contributed by atoms with Crippen molar-refractivity contribution < 1.29 is 23.8 Å². The minimum atomic E-state index is -3.33. The number of nitrogens with zero attached hydrogens (tertiary/aromatic N) is 1. The Balaban J connectivity index is 2.47. The summed E-state index contributed by atoms with van der Waals surface area (Å²) in [5.41, 5.74) is 0.362. The van der Waals surface area contributed by atoms with Gasteiger partial charge in [0.2, 0.25) is 0 Å². The number of fused-ring (bicyclic) bond motifs is 1. The summed E-state index contributed by atoms with van der Waals surface area (Å²) in [5, 5.41) is 20.5. The van der Waals surface area contributed by atoms with Crippen LogP contribution in [0.4, 0.5) is 14.5 Å². The first-order valence-electron chi connectivity index (χ1n) is 5.78. The predicted octanol–water partition coefficient (Wildman–Crippen LogP) is 1.97. The maximum Gasteiger partial charge on any atom is 0.339 e. The van der Waals surface area contributed by atoms with Crippen molar-refractivity contribution in [2.45, 2.75) is 5.92 Å². The molecule has 0 amide bonds. The summed E-state index contributed by atoms with van der Waals surface area (Å²) >= 11 is 0. The number of anilines is 1. The molecule has 0 bridgehead atoms. The lowest BCUT2D eigenvalue weighted by Gasteiger charge is -2.17. The molecule has 0 fully saturated rings. The third-order valence-electron chi connectivity index (χ3n) is 2.76. The summed E-state index contributed by atoms with van der Waals surface area (Å²) in [4.78, 5) is 15.1. The molecule has 3 N–H and O–H groups in total. The molecule has 0 spiro atoms. The average Bonchev–Trinajstić information content (AvgIpc) is 2.44. The monoisotopic (exact) mass is 282 g/mol. The van der Waals surface area contributed by atoms with Crippen LogP contribution in [-0.4, -0.2) is 40.2 Å². The lowest BCUT2D eigenvalue weighted by atomic mass is 10.1. The molecule has 106 valence electrons. The molecule has 7 heteroatoms. The minimum Gasteiger partial charge on any atom is -0.478 e. The lowest BCUT2D eigenvalue weighted by molar-refractivity contribution is -0.0372. The number of carbonyl (C=O) groups is 1.